The Morgan fingerprint density at radius 1 is 1.70 bits per heavy atom. The Hall–Kier alpha value is -0.190. The molecule has 3 nitrogen and oxygen atoms in total. The fourth-order valence-corrected chi connectivity index (χ4v) is 1.01. The quantitative estimate of drug-likeness (QED) is 0.496. The van der Waals surface area contributed by atoms with E-state index in [1.54, 1.807) is 18.0 Å². The van der Waals surface area contributed by atoms with Crippen LogP contribution in [0, 0.1) is 0 Å². The Morgan fingerprint density at radius 3 is 2.80 bits per heavy atom. The van der Waals surface area contributed by atoms with Gasteiger partial charge in [-0.05, 0) is 13.3 Å². The van der Waals surface area contributed by atoms with Crippen molar-refractivity contribution in [1.82, 2.24) is 10.6 Å². The predicted molar refractivity (Wildman–Crippen MR) is 45.7 cm³/mol. The molecule has 0 bridgehead atoms. The lowest BCUT2D eigenvalue weighted by Crippen LogP contribution is -2.13. The molecule has 0 fully saturated rings. The maximum Gasteiger partial charge on any atom is 0.112 e. The van der Waals surface area contributed by atoms with Gasteiger partial charge in [0.05, 0.1) is 0 Å². The van der Waals surface area contributed by atoms with Crippen LogP contribution in [0.4, 0.5) is 0 Å². The SMILES string of the molecule is CNC/C(=C/NCO)SC. The van der Waals surface area contributed by atoms with E-state index < -0.39 is 0 Å². The highest BCUT2D eigenvalue weighted by Gasteiger charge is 1.89. The first-order valence-electron chi connectivity index (χ1n) is 3.07. The zero-order valence-electron chi connectivity index (χ0n) is 6.35. The topological polar surface area (TPSA) is 44.3 Å². The summed E-state index contributed by atoms with van der Waals surface area (Å²) in [4.78, 5) is 1.18. The van der Waals surface area contributed by atoms with E-state index in [2.05, 4.69) is 10.6 Å². The second-order valence-corrected chi connectivity index (χ2v) is 2.64. The largest absolute Gasteiger partial charge is 0.377 e. The van der Waals surface area contributed by atoms with E-state index in [1.807, 2.05) is 13.3 Å². The van der Waals surface area contributed by atoms with Gasteiger partial charge in [0.2, 0.25) is 0 Å². The summed E-state index contributed by atoms with van der Waals surface area (Å²) in [5, 5.41) is 14.1. The van der Waals surface area contributed by atoms with Crippen molar-refractivity contribution >= 4 is 11.8 Å². The van der Waals surface area contributed by atoms with Crippen molar-refractivity contribution < 1.29 is 5.11 Å². The number of hydrogen-bond donors (Lipinski definition) is 3. The summed E-state index contributed by atoms with van der Waals surface area (Å²) in [6.07, 6.45) is 3.81. The summed E-state index contributed by atoms with van der Waals surface area (Å²) in [6, 6.07) is 0. The van der Waals surface area contributed by atoms with Gasteiger partial charge in [0.1, 0.15) is 6.73 Å². The number of hydrogen-bond acceptors (Lipinski definition) is 4. The zero-order valence-corrected chi connectivity index (χ0v) is 7.16. The molecule has 10 heavy (non-hydrogen) atoms. The van der Waals surface area contributed by atoms with E-state index in [4.69, 9.17) is 5.11 Å². The van der Waals surface area contributed by atoms with Crippen molar-refractivity contribution in [1.29, 1.82) is 0 Å². The molecular formula is C6H14N2OS. The van der Waals surface area contributed by atoms with E-state index in [0.29, 0.717) is 0 Å². The summed E-state index contributed by atoms with van der Waals surface area (Å²) in [5.41, 5.74) is 0. The molecule has 0 atom stereocenters. The molecule has 0 saturated heterocycles. The van der Waals surface area contributed by atoms with Gasteiger partial charge in [0.15, 0.2) is 0 Å². The molecule has 0 radical (unpaired) electrons. The minimum Gasteiger partial charge on any atom is -0.377 e. The second-order valence-electron chi connectivity index (χ2n) is 1.71. The van der Waals surface area contributed by atoms with Gasteiger partial charge < -0.3 is 15.7 Å². The Bertz CT molecular complexity index is 106. The highest BCUT2D eigenvalue weighted by molar-refractivity contribution is 8.02. The van der Waals surface area contributed by atoms with E-state index in [1.165, 1.54) is 4.91 Å². The molecule has 0 aliphatic carbocycles. The number of thioether (sulfide) groups is 1. The number of aliphatic hydroxyl groups is 1. The third kappa shape index (κ3) is 4.67. The fourth-order valence-electron chi connectivity index (χ4n) is 0.516. The minimum absolute atomic E-state index is 0.00618. The summed E-state index contributed by atoms with van der Waals surface area (Å²) < 4.78 is 0. The van der Waals surface area contributed by atoms with Gasteiger partial charge in [-0.25, -0.2) is 0 Å². The van der Waals surface area contributed by atoms with Crippen LogP contribution in [-0.2, 0) is 0 Å². The lowest BCUT2D eigenvalue weighted by atomic mass is 10.6. The number of rotatable bonds is 5. The van der Waals surface area contributed by atoms with Gasteiger partial charge >= 0.3 is 0 Å². The maximum absolute atomic E-state index is 8.39. The molecule has 0 unspecified atom stereocenters. The molecule has 0 rings (SSSR count). The summed E-state index contributed by atoms with van der Waals surface area (Å²) in [7, 11) is 1.89. The molecule has 0 heterocycles. The Morgan fingerprint density at radius 2 is 2.40 bits per heavy atom. The van der Waals surface area contributed by atoms with E-state index >= 15 is 0 Å². The smallest absolute Gasteiger partial charge is 0.112 e. The number of nitrogens with one attached hydrogen (secondary N) is 2. The summed E-state index contributed by atoms with van der Waals surface area (Å²) >= 11 is 1.66. The van der Waals surface area contributed by atoms with Crippen LogP contribution in [0.2, 0.25) is 0 Å². The van der Waals surface area contributed by atoms with Gasteiger partial charge in [-0.3, -0.25) is 0 Å². The molecule has 0 aromatic carbocycles. The van der Waals surface area contributed by atoms with Crippen LogP contribution in [0.5, 0.6) is 0 Å². The Balaban J connectivity index is 3.55. The molecule has 0 spiro atoms. The highest BCUT2D eigenvalue weighted by Crippen LogP contribution is 2.07. The third-order valence-electron chi connectivity index (χ3n) is 0.968. The molecule has 0 saturated carbocycles. The third-order valence-corrected chi connectivity index (χ3v) is 1.75. The van der Waals surface area contributed by atoms with E-state index in [9.17, 15) is 0 Å². The molecule has 0 aliphatic heterocycles. The summed E-state index contributed by atoms with van der Waals surface area (Å²) in [6.45, 7) is 0.835. The van der Waals surface area contributed by atoms with Crippen LogP contribution in [0.1, 0.15) is 0 Å². The first kappa shape index (κ1) is 9.81. The molecular weight excluding hydrogens is 148 g/mol. The Kier molecular flexibility index (Phi) is 6.79. The normalized spacial score (nSPS) is 11.7. The fraction of sp³-hybridized carbons (Fsp3) is 0.667. The van der Waals surface area contributed by atoms with Crippen molar-refractivity contribution in [2.45, 2.75) is 0 Å². The van der Waals surface area contributed by atoms with Gasteiger partial charge in [-0.2, -0.15) is 0 Å². The van der Waals surface area contributed by atoms with Crippen molar-refractivity contribution in [3.63, 3.8) is 0 Å². The molecule has 4 heteroatoms. The van der Waals surface area contributed by atoms with Crippen molar-refractivity contribution in [3.8, 4) is 0 Å². The lowest BCUT2D eigenvalue weighted by Gasteiger charge is -2.02. The molecule has 3 N–H and O–H groups in total. The molecule has 0 aliphatic rings. The maximum atomic E-state index is 8.39. The van der Waals surface area contributed by atoms with Crippen LogP contribution in [0.15, 0.2) is 11.1 Å². The number of likely N-dealkylation sites (N-methyl/N-ethyl adjacent to an activating group) is 1. The molecule has 0 aromatic heterocycles. The van der Waals surface area contributed by atoms with Crippen LogP contribution in [0.3, 0.4) is 0 Å². The van der Waals surface area contributed by atoms with Crippen LogP contribution >= 0.6 is 11.8 Å². The van der Waals surface area contributed by atoms with Crippen LogP contribution in [0.25, 0.3) is 0 Å². The highest BCUT2D eigenvalue weighted by atomic mass is 32.2. The van der Waals surface area contributed by atoms with Crippen molar-refractivity contribution in [2.24, 2.45) is 0 Å². The van der Waals surface area contributed by atoms with Crippen LogP contribution in [-0.4, -0.2) is 31.7 Å². The number of aliphatic hydroxyl groups excluding tert-OH is 1. The molecule has 0 amide bonds. The average molecular weight is 162 g/mol. The minimum atomic E-state index is -0.00618. The standard InChI is InChI=1S/C6H14N2OS/c1-7-3-6(10-2)4-8-5-9/h4,7-9H,3,5H2,1-2H3/b6-4-. The molecule has 60 valence electrons. The van der Waals surface area contributed by atoms with Gasteiger partial charge in [0.25, 0.3) is 0 Å². The zero-order chi connectivity index (χ0) is 7.82. The van der Waals surface area contributed by atoms with Crippen LogP contribution < -0.4 is 10.6 Å². The summed E-state index contributed by atoms with van der Waals surface area (Å²) in [5.74, 6) is 0. The van der Waals surface area contributed by atoms with Gasteiger partial charge in [0, 0.05) is 17.6 Å². The monoisotopic (exact) mass is 162 g/mol. The van der Waals surface area contributed by atoms with Gasteiger partial charge in [-0.15, -0.1) is 11.8 Å². The van der Waals surface area contributed by atoms with E-state index in [-0.39, 0.29) is 6.73 Å². The first-order chi connectivity index (χ1) is 4.85. The van der Waals surface area contributed by atoms with E-state index in [0.717, 1.165) is 6.54 Å². The average Bonchev–Trinajstić information content (AvgIpc) is 1.98. The second kappa shape index (κ2) is 6.92. The van der Waals surface area contributed by atoms with Gasteiger partial charge in [-0.1, -0.05) is 0 Å². The Labute approximate surface area is 65.9 Å². The first-order valence-corrected chi connectivity index (χ1v) is 4.29. The molecule has 0 aromatic rings. The van der Waals surface area contributed by atoms with Crippen molar-refractivity contribution in [3.05, 3.63) is 11.1 Å². The predicted octanol–water partition coefficient (Wildman–Crippen LogP) is -0.0504. The van der Waals surface area contributed by atoms with Crippen molar-refractivity contribution in [2.75, 3.05) is 26.6 Å². The lowest BCUT2D eigenvalue weighted by molar-refractivity contribution is 0.279.